The van der Waals surface area contributed by atoms with Crippen molar-refractivity contribution in [3.05, 3.63) is 33.8 Å². The highest BCUT2D eigenvalue weighted by molar-refractivity contribution is 9.10. The fourth-order valence-electron chi connectivity index (χ4n) is 1.84. The maximum absolute atomic E-state index is 6.14. The SMILES string of the molecule is Clc1cccn2c(C3CNC3)nc(Br)c12. The van der Waals surface area contributed by atoms with Crippen LogP contribution in [0.2, 0.25) is 5.02 Å². The normalized spacial score (nSPS) is 16.9. The Labute approximate surface area is 101 Å². The van der Waals surface area contributed by atoms with Crippen LogP contribution in [0.1, 0.15) is 11.7 Å². The lowest BCUT2D eigenvalue weighted by molar-refractivity contribution is 0.429. The Morgan fingerprint density at radius 3 is 3.00 bits per heavy atom. The summed E-state index contributed by atoms with van der Waals surface area (Å²) in [6.07, 6.45) is 2.01. The number of hydrogen-bond donors (Lipinski definition) is 1. The van der Waals surface area contributed by atoms with Gasteiger partial charge in [-0.3, -0.25) is 0 Å². The van der Waals surface area contributed by atoms with Crippen molar-refractivity contribution in [1.29, 1.82) is 0 Å². The van der Waals surface area contributed by atoms with Crippen molar-refractivity contribution in [1.82, 2.24) is 14.7 Å². The van der Waals surface area contributed by atoms with E-state index in [1.165, 1.54) is 0 Å². The minimum absolute atomic E-state index is 0.502. The van der Waals surface area contributed by atoms with Gasteiger partial charge in [0.15, 0.2) is 0 Å². The third-order valence-electron chi connectivity index (χ3n) is 2.75. The summed E-state index contributed by atoms with van der Waals surface area (Å²) in [5.74, 6) is 1.58. The Morgan fingerprint density at radius 1 is 1.53 bits per heavy atom. The van der Waals surface area contributed by atoms with Crippen molar-refractivity contribution in [3.63, 3.8) is 0 Å². The van der Waals surface area contributed by atoms with E-state index in [9.17, 15) is 0 Å². The first kappa shape index (κ1) is 9.63. The van der Waals surface area contributed by atoms with E-state index < -0.39 is 0 Å². The van der Waals surface area contributed by atoms with Gasteiger partial charge in [0, 0.05) is 25.2 Å². The lowest BCUT2D eigenvalue weighted by Gasteiger charge is -2.25. The molecule has 1 N–H and O–H groups in total. The van der Waals surface area contributed by atoms with Gasteiger partial charge in [0.2, 0.25) is 0 Å². The third kappa shape index (κ3) is 1.40. The molecule has 0 aliphatic carbocycles. The van der Waals surface area contributed by atoms with Crippen LogP contribution in [0.15, 0.2) is 22.9 Å². The number of fused-ring (bicyclic) bond motifs is 1. The largest absolute Gasteiger partial charge is 0.315 e. The predicted molar refractivity (Wildman–Crippen MR) is 63.5 cm³/mol. The fourth-order valence-corrected chi connectivity index (χ4v) is 2.79. The van der Waals surface area contributed by atoms with Crippen LogP contribution in [0, 0.1) is 0 Å². The van der Waals surface area contributed by atoms with Crippen LogP contribution in [0.5, 0.6) is 0 Å². The number of nitrogens with zero attached hydrogens (tertiary/aromatic N) is 2. The Balaban J connectivity index is 2.27. The van der Waals surface area contributed by atoms with E-state index >= 15 is 0 Å². The van der Waals surface area contributed by atoms with Gasteiger partial charge in [-0.1, -0.05) is 11.6 Å². The van der Waals surface area contributed by atoms with Gasteiger partial charge in [0.1, 0.15) is 10.4 Å². The average Bonchev–Trinajstić information content (AvgIpc) is 2.43. The first-order chi connectivity index (χ1) is 7.27. The number of hydrogen-bond acceptors (Lipinski definition) is 2. The van der Waals surface area contributed by atoms with Gasteiger partial charge < -0.3 is 9.72 Å². The second-order valence-corrected chi connectivity index (χ2v) is 4.85. The highest BCUT2D eigenvalue weighted by Crippen LogP contribution is 2.29. The predicted octanol–water partition coefficient (Wildman–Crippen LogP) is 2.44. The number of rotatable bonds is 1. The van der Waals surface area contributed by atoms with E-state index in [2.05, 4.69) is 30.6 Å². The molecule has 3 nitrogen and oxygen atoms in total. The molecule has 3 heterocycles. The molecule has 15 heavy (non-hydrogen) atoms. The van der Waals surface area contributed by atoms with Gasteiger partial charge in [-0.2, -0.15) is 0 Å². The summed E-state index contributed by atoms with van der Waals surface area (Å²) >= 11 is 9.59. The zero-order chi connectivity index (χ0) is 10.4. The Bertz CT molecular complexity index is 519. The molecule has 1 aliphatic heterocycles. The van der Waals surface area contributed by atoms with Crippen LogP contribution in [-0.4, -0.2) is 22.5 Å². The van der Waals surface area contributed by atoms with Gasteiger partial charge in [-0.25, -0.2) is 4.98 Å². The standard InChI is InChI=1S/C10H9BrClN3/c11-9-8-7(12)2-1-3-15(8)10(14-9)6-4-13-5-6/h1-3,6,13H,4-5H2. The smallest absolute Gasteiger partial charge is 0.133 e. The summed E-state index contributed by atoms with van der Waals surface area (Å²) in [5, 5.41) is 3.98. The van der Waals surface area contributed by atoms with Gasteiger partial charge in [0.05, 0.1) is 10.5 Å². The minimum Gasteiger partial charge on any atom is -0.315 e. The number of halogens is 2. The maximum Gasteiger partial charge on any atom is 0.133 e. The van der Waals surface area contributed by atoms with Crippen molar-refractivity contribution in [2.45, 2.75) is 5.92 Å². The molecule has 0 bridgehead atoms. The van der Waals surface area contributed by atoms with Crippen LogP contribution in [0.25, 0.3) is 5.52 Å². The molecule has 2 aromatic heterocycles. The van der Waals surface area contributed by atoms with E-state index in [1.54, 1.807) is 0 Å². The Morgan fingerprint density at radius 2 is 2.33 bits per heavy atom. The molecule has 5 heteroatoms. The molecule has 1 saturated heterocycles. The minimum atomic E-state index is 0.502. The quantitative estimate of drug-likeness (QED) is 0.872. The number of imidazole rings is 1. The highest BCUT2D eigenvalue weighted by Gasteiger charge is 2.25. The van der Waals surface area contributed by atoms with Crippen molar-refractivity contribution in [2.75, 3.05) is 13.1 Å². The average molecular weight is 287 g/mol. The molecule has 0 saturated carbocycles. The van der Waals surface area contributed by atoms with E-state index in [-0.39, 0.29) is 0 Å². The molecular formula is C10H9BrClN3. The zero-order valence-corrected chi connectivity index (χ0v) is 10.2. The molecular weight excluding hydrogens is 277 g/mol. The van der Waals surface area contributed by atoms with Crippen LogP contribution in [0.4, 0.5) is 0 Å². The molecule has 1 aliphatic rings. The summed E-state index contributed by atoms with van der Waals surface area (Å²) in [7, 11) is 0. The second kappa shape index (κ2) is 3.47. The van der Waals surface area contributed by atoms with E-state index in [0.29, 0.717) is 5.92 Å². The maximum atomic E-state index is 6.14. The molecule has 0 amide bonds. The highest BCUT2D eigenvalue weighted by atomic mass is 79.9. The molecule has 2 aromatic rings. The van der Waals surface area contributed by atoms with Gasteiger partial charge in [0.25, 0.3) is 0 Å². The van der Waals surface area contributed by atoms with Crippen LogP contribution < -0.4 is 5.32 Å². The number of aromatic nitrogens is 2. The molecule has 0 radical (unpaired) electrons. The van der Waals surface area contributed by atoms with Crippen LogP contribution in [0.3, 0.4) is 0 Å². The summed E-state index contributed by atoms with van der Waals surface area (Å²) in [6, 6.07) is 3.82. The summed E-state index contributed by atoms with van der Waals surface area (Å²) in [6.45, 7) is 2.00. The third-order valence-corrected chi connectivity index (χ3v) is 3.60. The monoisotopic (exact) mass is 285 g/mol. The summed E-state index contributed by atoms with van der Waals surface area (Å²) in [4.78, 5) is 4.53. The number of nitrogens with one attached hydrogen (secondary N) is 1. The molecule has 0 spiro atoms. The Hall–Kier alpha value is -0.580. The zero-order valence-electron chi connectivity index (χ0n) is 7.87. The van der Waals surface area contributed by atoms with E-state index in [4.69, 9.17) is 11.6 Å². The van der Waals surface area contributed by atoms with E-state index in [1.807, 2.05) is 18.3 Å². The summed E-state index contributed by atoms with van der Waals surface area (Å²) in [5.41, 5.74) is 0.959. The lowest BCUT2D eigenvalue weighted by Crippen LogP contribution is -2.40. The molecule has 1 fully saturated rings. The summed E-state index contributed by atoms with van der Waals surface area (Å²) < 4.78 is 2.90. The van der Waals surface area contributed by atoms with Crippen molar-refractivity contribution in [2.24, 2.45) is 0 Å². The van der Waals surface area contributed by atoms with Crippen molar-refractivity contribution >= 4 is 33.0 Å². The fraction of sp³-hybridized carbons (Fsp3) is 0.300. The first-order valence-corrected chi connectivity index (χ1v) is 5.97. The first-order valence-electron chi connectivity index (χ1n) is 4.80. The topological polar surface area (TPSA) is 29.3 Å². The molecule has 0 atom stereocenters. The van der Waals surface area contributed by atoms with Crippen LogP contribution >= 0.6 is 27.5 Å². The van der Waals surface area contributed by atoms with Gasteiger partial charge in [-0.05, 0) is 28.1 Å². The molecule has 0 unspecified atom stereocenters. The van der Waals surface area contributed by atoms with Crippen molar-refractivity contribution < 1.29 is 0 Å². The van der Waals surface area contributed by atoms with E-state index in [0.717, 1.165) is 34.1 Å². The second-order valence-electron chi connectivity index (χ2n) is 3.69. The van der Waals surface area contributed by atoms with Crippen molar-refractivity contribution in [3.8, 4) is 0 Å². The molecule has 78 valence electrons. The molecule has 3 rings (SSSR count). The molecule has 0 aromatic carbocycles. The lowest BCUT2D eigenvalue weighted by atomic mass is 10.0. The Kier molecular flexibility index (Phi) is 2.23. The van der Waals surface area contributed by atoms with Gasteiger partial charge in [-0.15, -0.1) is 0 Å². The number of pyridine rings is 1. The van der Waals surface area contributed by atoms with Gasteiger partial charge >= 0.3 is 0 Å². The van der Waals surface area contributed by atoms with Crippen LogP contribution in [-0.2, 0) is 0 Å².